The maximum Gasteiger partial charge on any atom is 0.229 e. The minimum absolute atomic E-state index is 0.0182. The number of nitrogens with zero attached hydrogens (tertiary/aromatic N) is 7. The number of anilines is 2. The maximum absolute atomic E-state index is 13.0. The van der Waals surface area contributed by atoms with E-state index < -0.39 is 0 Å². The van der Waals surface area contributed by atoms with E-state index in [0.29, 0.717) is 13.1 Å². The monoisotopic (exact) mass is 447 g/mol. The lowest BCUT2D eigenvalue weighted by Gasteiger charge is -2.43. The Bertz CT molecular complexity index is 1130. The van der Waals surface area contributed by atoms with Crippen LogP contribution in [0, 0.1) is 19.8 Å². The molecule has 1 aromatic carbocycles. The van der Waals surface area contributed by atoms with Gasteiger partial charge in [-0.1, -0.05) is 0 Å². The van der Waals surface area contributed by atoms with Gasteiger partial charge in [0.2, 0.25) is 5.91 Å². The first-order valence-electron chi connectivity index (χ1n) is 11.3. The van der Waals surface area contributed by atoms with Gasteiger partial charge in [0.25, 0.3) is 0 Å². The minimum Gasteiger partial charge on any atom is -0.497 e. The molecule has 2 aliphatic rings. The van der Waals surface area contributed by atoms with Crippen molar-refractivity contribution in [2.24, 2.45) is 5.92 Å². The Morgan fingerprint density at radius 2 is 1.64 bits per heavy atom. The molecule has 5 rings (SSSR count). The molecule has 9 nitrogen and oxygen atoms in total. The predicted octanol–water partition coefficient (Wildman–Crippen LogP) is 2.07. The molecule has 0 saturated carbocycles. The van der Waals surface area contributed by atoms with Crippen LogP contribution in [0.4, 0.5) is 11.5 Å². The smallest absolute Gasteiger partial charge is 0.229 e. The quantitative estimate of drug-likeness (QED) is 0.592. The molecule has 33 heavy (non-hydrogen) atoms. The van der Waals surface area contributed by atoms with E-state index in [1.54, 1.807) is 13.4 Å². The first-order chi connectivity index (χ1) is 16.0. The Balaban J connectivity index is 1.15. The summed E-state index contributed by atoms with van der Waals surface area (Å²) in [5.74, 6) is 2.70. The van der Waals surface area contributed by atoms with Crippen LogP contribution in [0.5, 0.6) is 5.75 Å². The van der Waals surface area contributed by atoms with Crippen LogP contribution in [-0.2, 0) is 4.79 Å². The fourth-order valence-corrected chi connectivity index (χ4v) is 4.54. The van der Waals surface area contributed by atoms with Crippen molar-refractivity contribution in [3.8, 4) is 11.6 Å². The van der Waals surface area contributed by atoms with Gasteiger partial charge in [0, 0.05) is 56.7 Å². The van der Waals surface area contributed by atoms with Crippen molar-refractivity contribution < 1.29 is 9.53 Å². The molecule has 172 valence electrons. The van der Waals surface area contributed by atoms with E-state index in [1.807, 2.05) is 47.7 Å². The number of carbonyl (C=O) groups is 1. The van der Waals surface area contributed by atoms with Crippen molar-refractivity contribution in [2.45, 2.75) is 13.8 Å². The van der Waals surface area contributed by atoms with Gasteiger partial charge in [-0.3, -0.25) is 4.79 Å². The van der Waals surface area contributed by atoms with Crippen molar-refractivity contribution in [3.05, 3.63) is 54.1 Å². The summed E-state index contributed by atoms with van der Waals surface area (Å²) in [4.78, 5) is 28.3. The number of hydrogen-bond acceptors (Lipinski definition) is 7. The molecule has 3 aromatic rings. The molecule has 2 aromatic heterocycles. The number of carbonyl (C=O) groups excluding carboxylic acids is 1. The van der Waals surface area contributed by atoms with E-state index in [9.17, 15) is 4.79 Å². The van der Waals surface area contributed by atoms with Crippen LogP contribution in [0.1, 0.15) is 11.4 Å². The molecule has 2 fully saturated rings. The summed E-state index contributed by atoms with van der Waals surface area (Å²) in [6.45, 7) is 8.52. The van der Waals surface area contributed by atoms with Crippen molar-refractivity contribution >= 4 is 17.4 Å². The molecule has 9 heteroatoms. The molecule has 2 saturated heterocycles. The zero-order chi connectivity index (χ0) is 22.9. The number of piperazine rings is 1. The van der Waals surface area contributed by atoms with Crippen LogP contribution in [0.25, 0.3) is 5.82 Å². The number of aryl methyl sites for hydroxylation is 2. The third kappa shape index (κ3) is 4.22. The van der Waals surface area contributed by atoms with E-state index in [1.165, 1.54) is 5.69 Å². The summed E-state index contributed by atoms with van der Waals surface area (Å²) in [6, 6.07) is 12.1. The minimum atomic E-state index is 0.0182. The first kappa shape index (κ1) is 21.2. The Kier molecular flexibility index (Phi) is 5.62. The summed E-state index contributed by atoms with van der Waals surface area (Å²) in [7, 11) is 1.67. The van der Waals surface area contributed by atoms with Gasteiger partial charge >= 0.3 is 0 Å². The van der Waals surface area contributed by atoms with Gasteiger partial charge in [0.1, 0.15) is 17.9 Å². The first-order valence-corrected chi connectivity index (χ1v) is 11.3. The van der Waals surface area contributed by atoms with Crippen LogP contribution in [-0.4, -0.2) is 76.9 Å². The molecule has 0 radical (unpaired) electrons. The summed E-state index contributed by atoms with van der Waals surface area (Å²) >= 11 is 0. The van der Waals surface area contributed by atoms with Gasteiger partial charge < -0.3 is 19.4 Å². The molecule has 2 aliphatic heterocycles. The number of benzene rings is 1. The number of hydrogen-bond donors (Lipinski definition) is 0. The molecular formula is C24H29N7O2. The molecule has 4 heterocycles. The van der Waals surface area contributed by atoms with Crippen molar-refractivity contribution in [1.29, 1.82) is 0 Å². The zero-order valence-electron chi connectivity index (χ0n) is 19.3. The van der Waals surface area contributed by atoms with Crippen LogP contribution in [0.15, 0.2) is 42.7 Å². The number of aromatic nitrogens is 4. The Hall–Kier alpha value is -3.62. The van der Waals surface area contributed by atoms with E-state index in [-0.39, 0.29) is 11.8 Å². The molecule has 0 N–H and O–H groups in total. The second-order valence-electron chi connectivity index (χ2n) is 8.69. The van der Waals surface area contributed by atoms with Crippen molar-refractivity contribution in [3.63, 3.8) is 0 Å². The SMILES string of the molecule is COc1ccc(N2CCN(C(=O)C3CN(c4cc(-n5nc(C)cc5C)ncn4)C3)CC2)cc1. The highest BCUT2D eigenvalue weighted by Gasteiger charge is 2.37. The topological polar surface area (TPSA) is 79.6 Å². The molecule has 0 unspecified atom stereocenters. The van der Waals surface area contributed by atoms with Crippen LogP contribution in [0.3, 0.4) is 0 Å². The van der Waals surface area contributed by atoms with Crippen molar-refractivity contribution in [2.75, 3.05) is 56.2 Å². The van der Waals surface area contributed by atoms with Crippen LogP contribution in [0.2, 0.25) is 0 Å². The fourth-order valence-electron chi connectivity index (χ4n) is 4.54. The maximum atomic E-state index is 13.0. The van der Waals surface area contributed by atoms with Gasteiger partial charge in [-0.2, -0.15) is 5.10 Å². The summed E-state index contributed by atoms with van der Waals surface area (Å²) in [6.07, 6.45) is 1.56. The van der Waals surface area contributed by atoms with Gasteiger partial charge in [-0.05, 0) is 44.2 Å². The second kappa shape index (κ2) is 8.73. The third-order valence-corrected chi connectivity index (χ3v) is 6.45. The largest absolute Gasteiger partial charge is 0.497 e. The van der Waals surface area contributed by atoms with Crippen molar-refractivity contribution in [1.82, 2.24) is 24.6 Å². The van der Waals surface area contributed by atoms with Crippen LogP contribution >= 0.6 is 0 Å². The molecular weight excluding hydrogens is 418 g/mol. The molecule has 0 aliphatic carbocycles. The number of ether oxygens (including phenoxy) is 1. The number of amides is 1. The lowest BCUT2D eigenvalue weighted by Crippen LogP contribution is -2.58. The predicted molar refractivity (Wildman–Crippen MR) is 126 cm³/mol. The highest BCUT2D eigenvalue weighted by atomic mass is 16.5. The van der Waals surface area contributed by atoms with Gasteiger partial charge in [0.15, 0.2) is 5.82 Å². The lowest BCUT2D eigenvalue weighted by atomic mass is 9.98. The van der Waals surface area contributed by atoms with Crippen LogP contribution < -0.4 is 14.5 Å². The highest BCUT2D eigenvalue weighted by molar-refractivity contribution is 5.82. The van der Waals surface area contributed by atoms with Gasteiger partial charge in [-0.15, -0.1) is 0 Å². The average molecular weight is 448 g/mol. The normalized spacial score (nSPS) is 16.6. The Labute approximate surface area is 193 Å². The Morgan fingerprint density at radius 1 is 0.939 bits per heavy atom. The lowest BCUT2D eigenvalue weighted by molar-refractivity contribution is -0.136. The third-order valence-electron chi connectivity index (χ3n) is 6.45. The second-order valence-corrected chi connectivity index (χ2v) is 8.69. The summed E-state index contributed by atoms with van der Waals surface area (Å²) in [5.41, 5.74) is 3.15. The molecule has 0 bridgehead atoms. The van der Waals surface area contributed by atoms with E-state index in [2.05, 4.69) is 37.0 Å². The van der Waals surface area contributed by atoms with E-state index in [4.69, 9.17) is 4.74 Å². The zero-order valence-corrected chi connectivity index (χ0v) is 19.3. The molecule has 0 atom stereocenters. The summed E-state index contributed by atoms with van der Waals surface area (Å²) in [5, 5.41) is 4.50. The van der Waals surface area contributed by atoms with Gasteiger partial charge in [0.05, 0.1) is 18.7 Å². The number of rotatable bonds is 5. The van der Waals surface area contributed by atoms with E-state index in [0.717, 1.165) is 55.0 Å². The molecule has 0 spiro atoms. The number of methoxy groups -OCH3 is 1. The standard InChI is InChI=1S/C24H29N7O2/c1-17-12-18(2)31(27-17)23-13-22(25-16-26-23)30-14-19(15-30)24(32)29-10-8-28(9-11-29)20-4-6-21(33-3)7-5-20/h4-7,12-13,16,19H,8-11,14-15H2,1-3H3. The summed E-state index contributed by atoms with van der Waals surface area (Å²) < 4.78 is 7.06. The van der Waals surface area contributed by atoms with E-state index >= 15 is 0 Å². The van der Waals surface area contributed by atoms with Gasteiger partial charge in [-0.25, -0.2) is 14.6 Å². The fraction of sp³-hybridized carbons (Fsp3) is 0.417. The average Bonchev–Trinajstić information content (AvgIpc) is 3.16. The molecule has 1 amide bonds. The Morgan fingerprint density at radius 3 is 2.27 bits per heavy atom. The highest BCUT2D eigenvalue weighted by Crippen LogP contribution is 2.27.